The van der Waals surface area contributed by atoms with Gasteiger partial charge in [0.25, 0.3) is 0 Å². The lowest BCUT2D eigenvalue weighted by Crippen LogP contribution is -2.51. The number of benzene rings is 1. The Hall–Kier alpha value is -1.39. The molecule has 2 heterocycles. The Morgan fingerprint density at radius 3 is 2.67 bits per heavy atom. The molecule has 1 aliphatic carbocycles. The van der Waals surface area contributed by atoms with E-state index in [0.717, 1.165) is 32.1 Å². The van der Waals surface area contributed by atoms with Crippen LogP contribution in [0.25, 0.3) is 0 Å². The number of fused-ring (bicyclic) bond motifs is 1. The molecule has 0 N–H and O–H groups in total. The third kappa shape index (κ3) is 3.22. The summed E-state index contributed by atoms with van der Waals surface area (Å²) in [7, 11) is 0. The van der Waals surface area contributed by atoms with E-state index in [1.54, 1.807) is 0 Å². The Morgan fingerprint density at radius 1 is 1.17 bits per heavy atom. The van der Waals surface area contributed by atoms with Crippen molar-refractivity contribution in [1.82, 2.24) is 9.80 Å². The minimum absolute atomic E-state index is 0.0190. The summed E-state index contributed by atoms with van der Waals surface area (Å²) >= 11 is 0. The molecule has 130 valence electrons. The molecular formula is C20H28N2O2. The average molecular weight is 328 g/mol. The van der Waals surface area contributed by atoms with Gasteiger partial charge in [-0.25, -0.2) is 0 Å². The van der Waals surface area contributed by atoms with Gasteiger partial charge in [0.15, 0.2) is 0 Å². The van der Waals surface area contributed by atoms with Gasteiger partial charge < -0.3 is 9.64 Å². The lowest BCUT2D eigenvalue weighted by molar-refractivity contribution is -0.148. The summed E-state index contributed by atoms with van der Waals surface area (Å²) in [5.41, 5.74) is 1.29. The number of hydrogen-bond donors (Lipinski definition) is 0. The number of esters is 1. The van der Waals surface area contributed by atoms with Crippen LogP contribution in [-0.4, -0.2) is 61.1 Å². The summed E-state index contributed by atoms with van der Waals surface area (Å²) in [5.74, 6) is 1.13. The maximum Gasteiger partial charge on any atom is 0.310 e. The first-order valence-corrected chi connectivity index (χ1v) is 9.44. The molecule has 2 saturated heterocycles. The van der Waals surface area contributed by atoms with Gasteiger partial charge in [-0.2, -0.15) is 0 Å². The number of rotatable bonds is 5. The zero-order valence-electron chi connectivity index (χ0n) is 14.6. The molecule has 4 heteroatoms. The average Bonchev–Trinajstić information content (AvgIpc) is 3.33. The summed E-state index contributed by atoms with van der Waals surface area (Å²) in [6.07, 6.45) is 2.80. The lowest BCUT2D eigenvalue weighted by Gasteiger charge is -2.39. The summed E-state index contributed by atoms with van der Waals surface area (Å²) in [6.45, 7) is 7.77. The Kier molecular flexibility index (Phi) is 4.59. The number of hydrogen-bond acceptors (Lipinski definition) is 4. The number of carbonyl (C=O) groups excluding carboxylic acids is 1. The molecule has 0 aromatic heterocycles. The van der Waals surface area contributed by atoms with Gasteiger partial charge in [-0.15, -0.1) is 0 Å². The van der Waals surface area contributed by atoms with Crippen molar-refractivity contribution >= 4 is 5.97 Å². The van der Waals surface area contributed by atoms with E-state index in [1.165, 1.54) is 24.9 Å². The molecule has 0 radical (unpaired) electrons. The third-order valence-electron chi connectivity index (χ3n) is 5.88. The van der Waals surface area contributed by atoms with E-state index >= 15 is 0 Å². The fourth-order valence-corrected chi connectivity index (χ4v) is 4.54. The maximum absolute atomic E-state index is 12.6. The van der Waals surface area contributed by atoms with Crippen molar-refractivity contribution in [3.05, 3.63) is 35.9 Å². The molecule has 1 aromatic rings. The van der Waals surface area contributed by atoms with Crippen molar-refractivity contribution < 1.29 is 9.53 Å². The molecule has 3 aliphatic rings. The van der Waals surface area contributed by atoms with Crippen molar-refractivity contribution in [2.45, 2.75) is 31.7 Å². The van der Waals surface area contributed by atoms with Gasteiger partial charge in [0.05, 0.1) is 12.5 Å². The summed E-state index contributed by atoms with van der Waals surface area (Å²) in [5, 5.41) is 0. The zero-order valence-corrected chi connectivity index (χ0v) is 14.6. The van der Waals surface area contributed by atoms with Crippen molar-refractivity contribution in [2.75, 3.05) is 39.3 Å². The normalized spacial score (nSPS) is 31.0. The predicted octanol–water partition coefficient (Wildman–Crippen LogP) is 2.36. The minimum atomic E-state index is -0.0294. The topological polar surface area (TPSA) is 32.8 Å². The van der Waals surface area contributed by atoms with Crippen LogP contribution < -0.4 is 0 Å². The first-order valence-electron chi connectivity index (χ1n) is 9.44. The highest BCUT2D eigenvalue weighted by molar-refractivity contribution is 5.75. The first-order chi connectivity index (χ1) is 11.8. The summed E-state index contributed by atoms with van der Waals surface area (Å²) in [4.78, 5) is 17.7. The molecule has 0 spiro atoms. The van der Waals surface area contributed by atoms with Crippen LogP contribution in [0.1, 0.15) is 31.2 Å². The highest BCUT2D eigenvalue weighted by Gasteiger charge is 2.48. The standard InChI is InChI=1S/C20H28N2O2/c1-2-24-20(23)17-13-22-11-10-21(12-15-8-9-15)14-18(22)19(17)16-6-4-3-5-7-16/h3-7,15,17-19H,2,8-14H2,1H3/t17-,18-,19+/m1/s1. The molecule has 1 aromatic carbocycles. The van der Waals surface area contributed by atoms with Crippen molar-refractivity contribution in [1.29, 1.82) is 0 Å². The largest absolute Gasteiger partial charge is 0.466 e. The Morgan fingerprint density at radius 2 is 1.96 bits per heavy atom. The van der Waals surface area contributed by atoms with Gasteiger partial charge in [0.2, 0.25) is 0 Å². The van der Waals surface area contributed by atoms with E-state index in [9.17, 15) is 4.79 Å². The van der Waals surface area contributed by atoms with Crippen LogP contribution in [0.3, 0.4) is 0 Å². The molecule has 0 unspecified atom stereocenters. The zero-order chi connectivity index (χ0) is 16.5. The van der Waals surface area contributed by atoms with Crippen LogP contribution >= 0.6 is 0 Å². The van der Waals surface area contributed by atoms with E-state index in [4.69, 9.17) is 4.74 Å². The van der Waals surface area contributed by atoms with Gasteiger partial charge in [0, 0.05) is 44.7 Å². The maximum atomic E-state index is 12.6. The SMILES string of the molecule is CCOC(=O)[C@@H]1CN2CCN(CC3CC3)C[C@@H]2[C@H]1c1ccccc1. The highest BCUT2D eigenvalue weighted by atomic mass is 16.5. The number of nitrogens with zero attached hydrogens (tertiary/aromatic N) is 2. The Bertz CT molecular complexity index is 572. The third-order valence-corrected chi connectivity index (χ3v) is 5.88. The lowest BCUT2D eigenvalue weighted by atomic mass is 9.83. The van der Waals surface area contributed by atoms with Crippen molar-refractivity contribution in [2.24, 2.45) is 11.8 Å². The summed E-state index contributed by atoms with van der Waals surface area (Å²) in [6, 6.07) is 11.0. The van der Waals surface area contributed by atoms with Crippen LogP contribution in [0.5, 0.6) is 0 Å². The first kappa shape index (κ1) is 16.1. The Labute approximate surface area is 144 Å². The molecule has 3 atom stereocenters. The smallest absolute Gasteiger partial charge is 0.310 e. The van der Waals surface area contributed by atoms with E-state index < -0.39 is 0 Å². The van der Waals surface area contributed by atoms with Crippen LogP contribution in [0.15, 0.2) is 30.3 Å². The van der Waals surface area contributed by atoms with Crippen molar-refractivity contribution in [3.8, 4) is 0 Å². The van der Waals surface area contributed by atoms with Crippen LogP contribution in [-0.2, 0) is 9.53 Å². The van der Waals surface area contributed by atoms with Crippen LogP contribution in [0.4, 0.5) is 0 Å². The van der Waals surface area contributed by atoms with Gasteiger partial charge in [-0.1, -0.05) is 30.3 Å². The molecule has 4 rings (SSSR count). The molecule has 0 bridgehead atoms. The van der Waals surface area contributed by atoms with Gasteiger partial charge in [-0.3, -0.25) is 9.69 Å². The monoisotopic (exact) mass is 328 g/mol. The molecule has 0 amide bonds. The number of piperazine rings is 1. The van der Waals surface area contributed by atoms with Crippen LogP contribution in [0.2, 0.25) is 0 Å². The fourth-order valence-electron chi connectivity index (χ4n) is 4.54. The van der Waals surface area contributed by atoms with Gasteiger partial charge >= 0.3 is 5.97 Å². The second kappa shape index (κ2) is 6.85. The predicted molar refractivity (Wildman–Crippen MR) is 93.8 cm³/mol. The molecule has 2 aliphatic heterocycles. The fraction of sp³-hybridized carbons (Fsp3) is 0.650. The molecule has 24 heavy (non-hydrogen) atoms. The number of ether oxygens (including phenoxy) is 1. The van der Waals surface area contributed by atoms with E-state index in [0.29, 0.717) is 12.6 Å². The van der Waals surface area contributed by atoms with E-state index in [2.05, 4.69) is 40.1 Å². The molecule has 4 nitrogen and oxygen atoms in total. The minimum Gasteiger partial charge on any atom is -0.466 e. The van der Waals surface area contributed by atoms with Gasteiger partial charge in [0.1, 0.15) is 0 Å². The molecule has 3 fully saturated rings. The van der Waals surface area contributed by atoms with E-state index in [1.807, 2.05) is 6.92 Å². The molecule has 1 saturated carbocycles. The van der Waals surface area contributed by atoms with Crippen molar-refractivity contribution in [3.63, 3.8) is 0 Å². The number of carbonyl (C=O) groups is 1. The van der Waals surface area contributed by atoms with E-state index in [-0.39, 0.29) is 17.8 Å². The van der Waals surface area contributed by atoms with Crippen LogP contribution in [0, 0.1) is 11.8 Å². The van der Waals surface area contributed by atoms with Gasteiger partial charge in [-0.05, 0) is 31.2 Å². The second-order valence-electron chi connectivity index (χ2n) is 7.56. The quantitative estimate of drug-likeness (QED) is 0.777. The highest BCUT2D eigenvalue weighted by Crippen LogP contribution is 2.41. The summed E-state index contributed by atoms with van der Waals surface area (Å²) < 4.78 is 5.41. The molecular weight excluding hydrogens is 300 g/mol. The second-order valence-corrected chi connectivity index (χ2v) is 7.56. The Balaban J connectivity index is 1.57.